The van der Waals surface area contributed by atoms with E-state index < -0.39 is 5.54 Å². The number of ether oxygens (including phenoxy) is 1. The van der Waals surface area contributed by atoms with Gasteiger partial charge >= 0.3 is 6.03 Å². The minimum Gasteiger partial charge on any atom is -0.497 e. The fraction of sp³-hybridized carbons (Fsp3) is 0.333. The summed E-state index contributed by atoms with van der Waals surface area (Å²) in [6.07, 6.45) is 0.510. The molecule has 27 heavy (non-hydrogen) atoms. The number of carbonyl (C=O) groups is 2. The first-order valence-electron chi connectivity index (χ1n) is 9.14. The number of imide groups is 1. The molecule has 0 saturated carbocycles. The van der Waals surface area contributed by atoms with Gasteiger partial charge in [-0.2, -0.15) is 0 Å². The zero-order valence-electron chi connectivity index (χ0n) is 16.0. The molecule has 0 spiro atoms. The van der Waals surface area contributed by atoms with Gasteiger partial charge in [0.2, 0.25) is 0 Å². The Balaban J connectivity index is 1.73. The van der Waals surface area contributed by atoms with Gasteiger partial charge in [0.05, 0.1) is 14.2 Å². The standard InChI is InChI=1S/C21H25N3O3/c1-4-21(17-8-6-5-7-9-17)19(25)24(20(26)22-21)15-23(2)14-16-10-12-18(27-3)13-11-16/h5-13H,4,14-15H2,1-3H3,(H,22,26)/p+1/t21-/m1/s1. The zero-order valence-corrected chi connectivity index (χ0v) is 16.0. The number of rotatable bonds is 7. The predicted molar refractivity (Wildman–Crippen MR) is 102 cm³/mol. The summed E-state index contributed by atoms with van der Waals surface area (Å²) in [5.41, 5.74) is 0.963. The second-order valence-electron chi connectivity index (χ2n) is 6.93. The van der Waals surface area contributed by atoms with E-state index in [1.165, 1.54) is 4.90 Å². The van der Waals surface area contributed by atoms with Crippen molar-refractivity contribution in [3.8, 4) is 5.75 Å². The summed E-state index contributed by atoms with van der Waals surface area (Å²) in [6.45, 7) is 2.93. The summed E-state index contributed by atoms with van der Waals surface area (Å²) in [5.74, 6) is 0.622. The summed E-state index contributed by atoms with van der Waals surface area (Å²) in [5, 5.41) is 2.93. The highest BCUT2D eigenvalue weighted by Crippen LogP contribution is 2.31. The number of quaternary nitrogens is 1. The van der Waals surface area contributed by atoms with Crippen molar-refractivity contribution in [3.63, 3.8) is 0 Å². The van der Waals surface area contributed by atoms with E-state index in [1.54, 1.807) is 7.11 Å². The van der Waals surface area contributed by atoms with E-state index in [0.717, 1.165) is 21.8 Å². The molecule has 1 heterocycles. The largest absolute Gasteiger partial charge is 0.497 e. The van der Waals surface area contributed by atoms with Gasteiger partial charge in [0.1, 0.15) is 17.8 Å². The predicted octanol–water partition coefficient (Wildman–Crippen LogP) is 1.52. The van der Waals surface area contributed by atoms with Gasteiger partial charge in [-0.25, -0.2) is 9.69 Å². The van der Waals surface area contributed by atoms with Crippen LogP contribution in [0.2, 0.25) is 0 Å². The molecule has 1 saturated heterocycles. The second kappa shape index (κ2) is 7.80. The zero-order chi connectivity index (χ0) is 19.4. The summed E-state index contributed by atoms with van der Waals surface area (Å²) in [6, 6.07) is 16.9. The molecule has 1 aliphatic heterocycles. The molecule has 0 radical (unpaired) electrons. The Labute approximate surface area is 159 Å². The maximum atomic E-state index is 13.2. The number of hydrogen-bond acceptors (Lipinski definition) is 3. The third-order valence-electron chi connectivity index (χ3n) is 5.07. The Hall–Kier alpha value is -2.86. The molecule has 2 aromatic rings. The molecule has 6 heteroatoms. The second-order valence-corrected chi connectivity index (χ2v) is 6.93. The molecule has 6 nitrogen and oxygen atoms in total. The van der Waals surface area contributed by atoms with E-state index >= 15 is 0 Å². The molecule has 0 aromatic heterocycles. The van der Waals surface area contributed by atoms with E-state index in [4.69, 9.17) is 4.74 Å². The van der Waals surface area contributed by atoms with Crippen molar-refractivity contribution in [1.82, 2.24) is 10.2 Å². The molecule has 1 fully saturated rings. The van der Waals surface area contributed by atoms with Crippen LogP contribution in [0.5, 0.6) is 5.75 Å². The molecular weight excluding hydrogens is 342 g/mol. The van der Waals surface area contributed by atoms with Gasteiger partial charge in [0, 0.05) is 5.56 Å². The van der Waals surface area contributed by atoms with Gasteiger partial charge in [-0.3, -0.25) is 4.79 Å². The van der Waals surface area contributed by atoms with Gasteiger partial charge < -0.3 is 15.0 Å². The normalized spacial score (nSPS) is 20.5. The average molecular weight is 368 g/mol. The van der Waals surface area contributed by atoms with Crippen LogP contribution in [0.3, 0.4) is 0 Å². The van der Waals surface area contributed by atoms with Crippen molar-refractivity contribution in [2.45, 2.75) is 25.4 Å². The lowest BCUT2D eigenvalue weighted by Gasteiger charge is -2.26. The SMILES string of the molecule is CC[C@]1(c2ccccc2)NC(=O)N(C[NH+](C)Cc2ccc(OC)cc2)C1=O. The molecule has 2 N–H and O–H groups in total. The third-order valence-corrected chi connectivity index (χ3v) is 5.07. The Bertz CT molecular complexity index is 807. The van der Waals surface area contributed by atoms with Crippen LogP contribution in [0.1, 0.15) is 24.5 Å². The Morgan fingerprint density at radius 2 is 1.74 bits per heavy atom. The van der Waals surface area contributed by atoms with Crippen molar-refractivity contribution in [2.24, 2.45) is 0 Å². The number of nitrogens with one attached hydrogen (secondary N) is 2. The molecule has 0 aliphatic carbocycles. The van der Waals surface area contributed by atoms with Gasteiger partial charge in [0.15, 0.2) is 6.67 Å². The molecule has 142 valence electrons. The Morgan fingerprint density at radius 3 is 2.33 bits per heavy atom. The lowest BCUT2D eigenvalue weighted by molar-refractivity contribution is -0.901. The van der Waals surface area contributed by atoms with Crippen molar-refractivity contribution in [2.75, 3.05) is 20.8 Å². The van der Waals surface area contributed by atoms with Crippen LogP contribution in [0.4, 0.5) is 4.79 Å². The van der Waals surface area contributed by atoms with Gasteiger partial charge in [-0.1, -0.05) is 37.3 Å². The number of hydrogen-bond donors (Lipinski definition) is 2. The van der Waals surface area contributed by atoms with E-state index in [0.29, 0.717) is 19.6 Å². The maximum absolute atomic E-state index is 13.2. The minimum absolute atomic E-state index is 0.185. The number of amides is 3. The lowest BCUT2D eigenvalue weighted by atomic mass is 9.87. The Kier molecular flexibility index (Phi) is 5.46. The van der Waals surface area contributed by atoms with Gasteiger partial charge in [-0.15, -0.1) is 0 Å². The summed E-state index contributed by atoms with van der Waals surface area (Å²) >= 11 is 0. The number of nitrogens with zero attached hydrogens (tertiary/aromatic N) is 1. The third kappa shape index (κ3) is 3.66. The van der Waals surface area contributed by atoms with Crippen LogP contribution in [0.15, 0.2) is 54.6 Å². The van der Waals surface area contributed by atoms with Crippen LogP contribution in [-0.4, -0.2) is 37.7 Å². The quantitative estimate of drug-likeness (QED) is 0.729. The first kappa shape index (κ1) is 18.9. The number of carbonyl (C=O) groups excluding carboxylic acids is 2. The summed E-state index contributed by atoms with van der Waals surface area (Å²) in [7, 11) is 3.61. The lowest BCUT2D eigenvalue weighted by Crippen LogP contribution is -3.09. The van der Waals surface area contributed by atoms with Crippen LogP contribution in [-0.2, 0) is 16.9 Å². The van der Waals surface area contributed by atoms with Gasteiger partial charge in [0.25, 0.3) is 5.91 Å². The Morgan fingerprint density at radius 1 is 1.07 bits per heavy atom. The van der Waals surface area contributed by atoms with Crippen LogP contribution in [0, 0.1) is 0 Å². The highest BCUT2D eigenvalue weighted by molar-refractivity contribution is 6.07. The monoisotopic (exact) mass is 368 g/mol. The molecule has 2 atom stereocenters. The molecule has 1 unspecified atom stereocenters. The molecule has 0 bridgehead atoms. The first-order valence-corrected chi connectivity index (χ1v) is 9.14. The maximum Gasteiger partial charge on any atom is 0.329 e. The summed E-state index contributed by atoms with van der Waals surface area (Å²) in [4.78, 5) is 28.1. The fourth-order valence-corrected chi connectivity index (χ4v) is 3.55. The topological polar surface area (TPSA) is 63.1 Å². The smallest absolute Gasteiger partial charge is 0.329 e. The molecular formula is C21H26N3O3+. The van der Waals surface area contributed by atoms with Gasteiger partial charge in [-0.05, 0) is 36.2 Å². The molecule has 1 aliphatic rings. The first-order chi connectivity index (χ1) is 13.0. The molecule has 3 rings (SSSR count). The number of methoxy groups -OCH3 is 1. The van der Waals surface area contributed by atoms with Crippen LogP contribution >= 0.6 is 0 Å². The number of urea groups is 1. The van der Waals surface area contributed by atoms with Crippen molar-refractivity contribution in [3.05, 3.63) is 65.7 Å². The molecule has 3 amide bonds. The van der Waals surface area contributed by atoms with E-state index in [1.807, 2.05) is 68.6 Å². The highest BCUT2D eigenvalue weighted by Gasteiger charge is 2.52. The van der Waals surface area contributed by atoms with E-state index in [2.05, 4.69) is 5.32 Å². The fourth-order valence-electron chi connectivity index (χ4n) is 3.55. The van der Waals surface area contributed by atoms with Crippen molar-refractivity contribution in [1.29, 1.82) is 0 Å². The molecule has 2 aromatic carbocycles. The minimum atomic E-state index is -0.973. The van der Waals surface area contributed by atoms with E-state index in [-0.39, 0.29) is 11.9 Å². The van der Waals surface area contributed by atoms with Crippen LogP contribution in [0.25, 0.3) is 0 Å². The summed E-state index contributed by atoms with van der Waals surface area (Å²) < 4.78 is 5.17. The average Bonchev–Trinajstić information content (AvgIpc) is 2.94. The highest BCUT2D eigenvalue weighted by atomic mass is 16.5. The van der Waals surface area contributed by atoms with Crippen molar-refractivity contribution < 1.29 is 19.2 Å². The number of benzene rings is 2. The van der Waals surface area contributed by atoms with Crippen LogP contribution < -0.4 is 15.0 Å². The van der Waals surface area contributed by atoms with Crippen molar-refractivity contribution >= 4 is 11.9 Å². The van der Waals surface area contributed by atoms with E-state index in [9.17, 15) is 9.59 Å².